The Hall–Kier alpha value is -0.910. The van der Waals surface area contributed by atoms with Gasteiger partial charge in [-0.3, -0.25) is 9.67 Å². The van der Waals surface area contributed by atoms with Crippen LogP contribution in [0, 0.1) is 0 Å². The highest BCUT2D eigenvalue weighted by molar-refractivity contribution is 9.10. The third kappa shape index (κ3) is 3.22. The molecule has 1 N–H and O–H groups in total. The van der Waals surface area contributed by atoms with Gasteiger partial charge in [-0.1, -0.05) is 18.5 Å². The van der Waals surface area contributed by atoms with Gasteiger partial charge in [-0.2, -0.15) is 5.10 Å². The van der Waals surface area contributed by atoms with Gasteiger partial charge in [0.2, 0.25) is 0 Å². The van der Waals surface area contributed by atoms with Crippen molar-refractivity contribution in [2.45, 2.75) is 32.9 Å². The summed E-state index contributed by atoms with van der Waals surface area (Å²) in [5.41, 5.74) is 1.89. The fraction of sp³-hybridized carbons (Fsp3) is 0.429. The third-order valence-corrected chi connectivity index (χ3v) is 3.76. The van der Waals surface area contributed by atoms with E-state index in [4.69, 9.17) is 11.6 Å². The van der Waals surface area contributed by atoms with Gasteiger partial charge in [0.25, 0.3) is 0 Å². The summed E-state index contributed by atoms with van der Waals surface area (Å²) in [6.07, 6.45) is 3.49. The molecule has 0 radical (unpaired) electrons. The van der Waals surface area contributed by atoms with Crippen molar-refractivity contribution in [3.05, 3.63) is 45.4 Å². The zero-order valence-electron chi connectivity index (χ0n) is 11.8. The van der Waals surface area contributed by atoms with Gasteiger partial charge in [-0.15, -0.1) is 0 Å². The SMILES string of the molecule is CCNC(c1ccc(Br)cn1)c1c(Cl)cnn1C(C)C. The number of pyridine rings is 1. The number of halogens is 2. The van der Waals surface area contributed by atoms with Crippen molar-refractivity contribution >= 4 is 27.5 Å². The van der Waals surface area contributed by atoms with E-state index < -0.39 is 0 Å². The topological polar surface area (TPSA) is 42.7 Å². The molecule has 2 aromatic rings. The van der Waals surface area contributed by atoms with Gasteiger partial charge >= 0.3 is 0 Å². The van der Waals surface area contributed by atoms with E-state index in [2.05, 4.69) is 52.1 Å². The molecule has 1 atom stereocenters. The first-order valence-corrected chi connectivity index (χ1v) is 7.79. The highest BCUT2D eigenvalue weighted by Crippen LogP contribution is 2.29. The summed E-state index contributed by atoms with van der Waals surface area (Å²) in [4.78, 5) is 4.49. The van der Waals surface area contributed by atoms with E-state index in [1.165, 1.54) is 0 Å². The average Bonchev–Trinajstić information content (AvgIpc) is 2.79. The monoisotopic (exact) mass is 356 g/mol. The summed E-state index contributed by atoms with van der Waals surface area (Å²) in [5, 5.41) is 8.46. The first-order valence-electron chi connectivity index (χ1n) is 6.62. The molecule has 6 heteroatoms. The Labute approximate surface area is 132 Å². The molecule has 1 unspecified atom stereocenters. The van der Waals surface area contributed by atoms with E-state index in [1.807, 2.05) is 16.8 Å². The van der Waals surface area contributed by atoms with Gasteiger partial charge in [0, 0.05) is 16.7 Å². The molecule has 2 heterocycles. The molecular weight excluding hydrogens is 340 g/mol. The van der Waals surface area contributed by atoms with E-state index in [1.54, 1.807) is 12.4 Å². The van der Waals surface area contributed by atoms with Gasteiger partial charge in [-0.05, 0) is 48.5 Å². The van der Waals surface area contributed by atoms with E-state index in [9.17, 15) is 0 Å². The van der Waals surface area contributed by atoms with E-state index >= 15 is 0 Å². The summed E-state index contributed by atoms with van der Waals surface area (Å²) in [7, 11) is 0. The van der Waals surface area contributed by atoms with Crippen molar-refractivity contribution in [2.75, 3.05) is 6.54 Å². The molecule has 20 heavy (non-hydrogen) atoms. The number of nitrogens with zero attached hydrogens (tertiary/aromatic N) is 3. The maximum absolute atomic E-state index is 6.34. The van der Waals surface area contributed by atoms with Crippen molar-refractivity contribution in [3.8, 4) is 0 Å². The van der Waals surface area contributed by atoms with Crippen LogP contribution in [0.25, 0.3) is 0 Å². The highest BCUT2D eigenvalue weighted by atomic mass is 79.9. The largest absolute Gasteiger partial charge is 0.304 e. The smallest absolute Gasteiger partial charge is 0.0937 e. The molecule has 0 amide bonds. The molecule has 0 aliphatic carbocycles. The molecule has 2 aromatic heterocycles. The van der Waals surface area contributed by atoms with Crippen LogP contribution in [0.15, 0.2) is 29.0 Å². The second-order valence-electron chi connectivity index (χ2n) is 4.81. The van der Waals surface area contributed by atoms with Crippen LogP contribution in [-0.4, -0.2) is 21.3 Å². The molecule has 0 saturated carbocycles. The number of rotatable bonds is 5. The Balaban J connectivity index is 2.48. The van der Waals surface area contributed by atoms with Crippen molar-refractivity contribution in [2.24, 2.45) is 0 Å². The molecule has 0 fully saturated rings. The number of hydrogen-bond donors (Lipinski definition) is 1. The van der Waals surface area contributed by atoms with Gasteiger partial charge in [-0.25, -0.2) is 0 Å². The zero-order chi connectivity index (χ0) is 14.7. The summed E-state index contributed by atoms with van der Waals surface area (Å²) in [6.45, 7) is 7.06. The van der Waals surface area contributed by atoms with Crippen molar-refractivity contribution < 1.29 is 0 Å². The lowest BCUT2D eigenvalue weighted by atomic mass is 10.1. The van der Waals surface area contributed by atoms with E-state index in [-0.39, 0.29) is 12.1 Å². The molecule has 0 aliphatic heterocycles. The second-order valence-corrected chi connectivity index (χ2v) is 6.13. The van der Waals surface area contributed by atoms with Crippen LogP contribution in [0.1, 0.15) is 44.2 Å². The average molecular weight is 358 g/mol. The van der Waals surface area contributed by atoms with Crippen LogP contribution in [0.5, 0.6) is 0 Å². The predicted molar refractivity (Wildman–Crippen MR) is 85.1 cm³/mol. The molecule has 0 bridgehead atoms. The molecule has 0 aromatic carbocycles. The lowest BCUT2D eigenvalue weighted by Crippen LogP contribution is -2.26. The molecule has 0 saturated heterocycles. The Morgan fingerprint density at radius 3 is 2.65 bits per heavy atom. The second kappa shape index (κ2) is 6.70. The molecule has 4 nitrogen and oxygen atoms in total. The van der Waals surface area contributed by atoms with Gasteiger partial charge < -0.3 is 5.32 Å². The van der Waals surface area contributed by atoms with Gasteiger partial charge in [0.15, 0.2) is 0 Å². The minimum atomic E-state index is -0.0644. The zero-order valence-corrected chi connectivity index (χ0v) is 14.1. The standard InChI is InChI=1S/C14H18BrClN4/c1-4-17-13(12-6-5-10(15)7-18-12)14-11(16)8-19-20(14)9(2)3/h5-9,13,17H,4H2,1-3H3. The molecule has 108 valence electrons. The normalized spacial score (nSPS) is 12.9. The molecule has 0 aliphatic rings. The van der Waals surface area contributed by atoms with Gasteiger partial charge in [0.1, 0.15) is 0 Å². The summed E-state index contributed by atoms with van der Waals surface area (Å²) in [5.74, 6) is 0. The minimum Gasteiger partial charge on any atom is -0.304 e. The Bertz CT molecular complexity index is 565. The number of hydrogen-bond acceptors (Lipinski definition) is 3. The first kappa shape index (κ1) is 15.5. The van der Waals surface area contributed by atoms with E-state index in [0.717, 1.165) is 22.4 Å². The molecular formula is C14H18BrClN4. The van der Waals surface area contributed by atoms with Crippen LogP contribution >= 0.6 is 27.5 Å². The van der Waals surface area contributed by atoms with Crippen LogP contribution < -0.4 is 5.32 Å². The fourth-order valence-corrected chi connectivity index (χ4v) is 2.61. The minimum absolute atomic E-state index is 0.0644. The van der Waals surface area contributed by atoms with Crippen molar-refractivity contribution in [1.29, 1.82) is 0 Å². The summed E-state index contributed by atoms with van der Waals surface area (Å²) < 4.78 is 2.90. The Morgan fingerprint density at radius 2 is 2.10 bits per heavy atom. The van der Waals surface area contributed by atoms with Crippen LogP contribution in [-0.2, 0) is 0 Å². The van der Waals surface area contributed by atoms with Crippen LogP contribution in [0.4, 0.5) is 0 Å². The maximum Gasteiger partial charge on any atom is 0.0937 e. The highest BCUT2D eigenvalue weighted by Gasteiger charge is 2.23. The van der Waals surface area contributed by atoms with Crippen LogP contribution in [0.2, 0.25) is 5.02 Å². The summed E-state index contributed by atoms with van der Waals surface area (Å²) in [6, 6.07) is 4.15. The van der Waals surface area contributed by atoms with Crippen molar-refractivity contribution in [3.63, 3.8) is 0 Å². The lowest BCUT2D eigenvalue weighted by Gasteiger charge is -2.21. The quantitative estimate of drug-likeness (QED) is 0.880. The van der Waals surface area contributed by atoms with E-state index in [0.29, 0.717) is 5.02 Å². The number of nitrogens with one attached hydrogen (secondary N) is 1. The maximum atomic E-state index is 6.34. The van der Waals surface area contributed by atoms with Gasteiger partial charge in [0.05, 0.1) is 28.6 Å². The van der Waals surface area contributed by atoms with Crippen molar-refractivity contribution in [1.82, 2.24) is 20.1 Å². The lowest BCUT2D eigenvalue weighted by molar-refractivity contribution is 0.473. The summed E-state index contributed by atoms with van der Waals surface area (Å²) >= 11 is 9.75. The first-order chi connectivity index (χ1) is 9.54. The molecule has 0 spiro atoms. The number of aromatic nitrogens is 3. The molecule has 2 rings (SSSR count). The Kier molecular flexibility index (Phi) is 5.18. The third-order valence-electron chi connectivity index (χ3n) is 3.00. The Morgan fingerprint density at radius 1 is 1.35 bits per heavy atom. The predicted octanol–water partition coefficient (Wildman–Crippen LogP) is 3.97. The fourth-order valence-electron chi connectivity index (χ4n) is 2.14. The van der Waals surface area contributed by atoms with Crippen LogP contribution in [0.3, 0.4) is 0 Å².